The number of nitrogens with zero attached hydrogens (tertiary/aromatic N) is 2. The Morgan fingerprint density at radius 3 is 2.84 bits per heavy atom. The molecule has 1 aliphatic heterocycles. The van der Waals surface area contributed by atoms with Crippen molar-refractivity contribution < 1.29 is 9.53 Å². The number of benzene rings is 1. The first-order valence-electron chi connectivity index (χ1n) is 8.59. The number of hydrogen-bond acceptors (Lipinski definition) is 5. The molecule has 0 saturated carbocycles. The molecule has 132 valence electrons. The van der Waals surface area contributed by atoms with Crippen LogP contribution in [0.5, 0.6) is 0 Å². The van der Waals surface area contributed by atoms with Crippen LogP contribution >= 0.6 is 0 Å². The van der Waals surface area contributed by atoms with Crippen LogP contribution in [0.2, 0.25) is 0 Å². The molecule has 1 aromatic heterocycles. The van der Waals surface area contributed by atoms with Crippen molar-refractivity contribution in [2.75, 3.05) is 50.0 Å². The third kappa shape index (κ3) is 5.01. The van der Waals surface area contributed by atoms with Gasteiger partial charge in [0.2, 0.25) is 0 Å². The minimum Gasteiger partial charge on any atom is -0.384 e. The minimum atomic E-state index is -0.203. The van der Waals surface area contributed by atoms with Gasteiger partial charge in [-0.15, -0.1) is 0 Å². The van der Waals surface area contributed by atoms with Gasteiger partial charge in [-0.3, -0.25) is 14.7 Å². The Morgan fingerprint density at radius 2 is 2.04 bits per heavy atom. The molecule has 1 fully saturated rings. The lowest BCUT2D eigenvalue weighted by molar-refractivity contribution is 0.0398. The molecule has 0 aliphatic carbocycles. The highest BCUT2D eigenvalue weighted by Crippen LogP contribution is 2.15. The molecule has 0 unspecified atom stereocenters. The van der Waals surface area contributed by atoms with E-state index in [0.717, 1.165) is 56.3 Å². The Balaban J connectivity index is 1.55. The van der Waals surface area contributed by atoms with Crippen LogP contribution in [0, 0.1) is 6.92 Å². The summed E-state index contributed by atoms with van der Waals surface area (Å²) in [4.78, 5) is 19.0. The Kier molecular flexibility index (Phi) is 5.98. The van der Waals surface area contributed by atoms with E-state index in [1.807, 2.05) is 37.3 Å². The average molecular weight is 340 g/mol. The molecule has 0 atom stereocenters. The zero-order valence-electron chi connectivity index (χ0n) is 14.5. The van der Waals surface area contributed by atoms with E-state index in [2.05, 4.69) is 20.5 Å². The molecule has 0 radical (unpaired) electrons. The molecule has 3 rings (SSSR count). The number of pyridine rings is 1. The number of aryl methyl sites for hydroxylation is 1. The van der Waals surface area contributed by atoms with Gasteiger partial charge in [-0.05, 0) is 30.7 Å². The lowest BCUT2D eigenvalue weighted by Gasteiger charge is -2.26. The summed E-state index contributed by atoms with van der Waals surface area (Å²) in [6.45, 7) is 7.30. The third-order valence-electron chi connectivity index (χ3n) is 4.25. The van der Waals surface area contributed by atoms with Crippen molar-refractivity contribution >= 4 is 17.3 Å². The summed E-state index contributed by atoms with van der Waals surface area (Å²) < 4.78 is 5.35. The monoisotopic (exact) mass is 340 g/mol. The summed E-state index contributed by atoms with van der Waals surface area (Å²) in [7, 11) is 0. The van der Waals surface area contributed by atoms with Gasteiger partial charge in [-0.25, -0.2) is 0 Å². The van der Waals surface area contributed by atoms with Crippen molar-refractivity contribution in [1.29, 1.82) is 0 Å². The molecular weight excluding hydrogens is 316 g/mol. The molecule has 2 heterocycles. The molecule has 2 aromatic rings. The molecule has 6 heteroatoms. The van der Waals surface area contributed by atoms with E-state index in [0.29, 0.717) is 5.69 Å². The van der Waals surface area contributed by atoms with Crippen LogP contribution in [0.15, 0.2) is 42.6 Å². The maximum absolute atomic E-state index is 12.4. The van der Waals surface area contributed by atoms with E-state index in [-0.39, 0.29) is 5.91 Å². The van der Waals surface area contributed by atoms with E-state index in [1.54, 1.807) is 12.3 Å². The van der Waals surface area contributed by atoms with Crippen molar-refractivity contribution in [3.8, 4) is 0 Å². The van der Waals surface area contributed by atoms with Crippen LogP contribution in [0.3, 0.4) is 0 Å². The summed E-state index contributed by atoms with van der Waals surface area (Å²) in [5.41, 5.74) is 3.13. The lowest BCUT2D eigenvalue weighted by atomic mass is 10.2. The largest absolute Gasteiger partial charge is 0.384 e. The zero-order chi connectivity index (χ0) is 17.5. The highest BCUT2D eigenvalue weighted by Gasteiger charge is 2.11. The minimum absolute atomic E-state index is 0.203. The second-order valence-corrected chi connectivity index (χ2v) is 6.08. The van der Waals surface area contributed by atoms with Gasteiger partial charge in [-0.2, -0.15) is 0 Å². The Morgan fingerprint density at radius 1 is 1.24 bits per heavy atom. The number of ether oxygens (including phenoxy) is 1. The number of para-hydroxylation sites is 1. The quantitative estimate of drug-likeness (QED) is 0.845. The summed E-state index contributed by atoms with van der Waals surface area (Å²) in [6, 6.07) is 11.4. The van der Waals surface area contributed by atoms with Crippen molar-refractivity contribution in [2.24, 2.45) is 0 Å². The molecular formula is C19H24N4O2. The van der Waals surface area contributed by atoms with Crippen molar-refractivity contribution in [3.63, 3.8) is 0 Å². The van der Waals surface area contributed by atoms with Crippen LogP contribution in [0.1, 0.15) is 16.1 Å². The Labute approximate surface area is 148 Å². The molecule has 1 amide bonds. The maximum Gasteiger partial charge on any atom is 0.274 e. The van der Waals surface area contributed by atoms with Gasteiger partial charge in [0.1, 0.15) is 5.69 Å². The smallest absolute Gasteiger partial charge is 0.274 e. The summed E-state index contributed by atoms with van der Waals surface area (Å²) in [5, 5.41) is 6.27. The van der Waals surface area contributed by atoms with Gasteiger partial charge >= 0.3 is 0 Å². The van der Waals surface area contributed by atoms with Crippen LogP contribution in [0.4, 0.5) is 11.4 Å². The number of carbonyl (C=O) groups excluding carboxylic acids is 1. The van der Waals surface area contributed by atoms with Crippen LogP contribution in [-0.4, -0.2) is 55.2 Å². The van der Waals surface area contributed by atoms with E-state index in [4.69, 9.17) is 4.74 Å². The highest BCUT2D eigenvalue weighted by molar-refractivity contribution is 6.03. The van der Waals surface area contributed by atoms with Crippen LogP contribution < -0.4 is 10.6 Å². The van der Waals surface area contributed by atoms with E-state index in [1.165, 1.54) is 0 Å². The second-order valence-electron chi connectivity index (χ2n) is 6.08. The first kappa shape index (κ1) is 17.4. The first-order valence-corrected chi connectivity index (χ1v) is 8.59. The van der Waals surface area contributed by atoms with Gasteiger partial charge in [0, 0.05) is 43.8 Å². The number of morpholine rings is 1. The second kappa shape index (κ2) is 8.60. The molecule has 0 bridgehead atoms. The Hall–Kier alpha value is -2.44. The van der Waals surface area contributed by atoms with E-state index < -0.39 is 0 Å². The van der Waals surface area contributed by atoms with E-state index >= 15 is 0 Å². The van der Waals surface area contributed by atoms with Gasteiger partial charge < -0.3 is 15.4 Å². The summed E-state index contributed by atoms with van der Waals surface area (Å²) in [6.07, 6.45) is 1.66. The number of carbonyl (C=O) groups is 1. The number of aromatic nitrogens is 1. The summed E-state index contributed by atoms with van der Waals surface area (Å²) in [5.74, 6) is -0.203. The fourth-order valence-corrected chi connectivity index (χ4v) is 2.75. The number of amides is 1. The number of rotatable bonds is 6. The molecule has 0 spiro atoms. The van der Waals surface area contributed by atoms with Crippen molar-refractivity contribution in [3.05, 3.63) is 53.9 Å². The van der Waals surface area contributed by atoms with Gasteiger partial charge in [0.05, 0.1) is 13.2 Å². The molecule has 2 N–H and O–H groups in total. The third-order valence-corrected chi connectivity index (χ3v) is 4.25. The lowest BCUT2D eigenvalue weighted by Crippen LogP contribution is -2.39. The maximum atomic E-state index is 12.4. The van der Waals surface area contributed by atoms with Crippen LogP contribution in [0.25, 0.3) is 0 Å². The van der Waals surface area contributed by atoms with Crippen molar-refractivity contribution in [2.45, 2.75) is 6.92 Å². The zero-order valence-corrected chi connectivity index (χ0v) is 14.5. The van der Waals surface area contributed by atoms with Crippen molar-refractivity contribution in [1.82, 2.24) is 9.88 Å². The fourth-order valence-electron chi connectivity index (χ4n) is 2.75. The molecule has 1 saturated heterocycles. The van der Waals surface area contributed by atoms with Gasteiger partial charge in [0.25, 0.3) is 5.91 Å². The molecule has 1 aliphatic rings. The fraction of sp³-hybridized carbons (Fsp3) is 0.368. The SMILES string of the molecule is Cc1ccccc1NC(=O)c1cc(NCCN2CCOCC2)ccn1. The first-order chi connectivity index (χ1) is 12.2. The van der Waals surface area contributed by atoms with E-state index in [9.17, 15) is 4.79 Å². The van der Waals surface area contributed by atoms with Crippen LogP contribution in [-0.2, 0) is 4.74 Å². The molecule has 25 heavy (non-hydrogen) atoms. The standard InChI is InChI=1S/C19H24N4O2/c1-15-4-2-3-5-17(15)22-19(24)18-14-16(6-7-21-18)20-8-9-23-10-12-25-13-11-23/h2-7,14H,8-13H2,1H3,(H,20,21)(H,22,24). The topological polar surface area (TPSA) is 66.5 Å². The number of hydrogen-bond donors (Lipinski definition) is 2. The molecule has 1 aromatic carbocycles. The average Bonchev–Trinajstić information content (AvgIpc) is 2.65. The molecule has 6 nitrogen and oxygen atoms in total. The summed E-state index contributed by atoms with van der Waals surface area (Å²) >= 11 is 0. The number of anilines is 2. The predicted molar refractivity (Wildman–Crippen MR) is 99.1 cm³/mol. The predicted octanol–water partition coefficient (Wildman–Crippen LogP) is 2.39. The van der Waals surface area contributed by atoms with Gasteiger partial charge in [-0.1, -0.05) is 18.2 Å². The van der Waals surface area contributed by atoms with Gasteiger partial charge in [0.15, 0.2) is 0 Å². The normalized spacial score (nSPS) is 14.9. The Bertz CT molecular complexity index is 714. The highest BCUT2D eigenvalue weighted by atomic mass is 16.5. The number of nitrogens with one attached hydrogen (secondary N) is 2.